The number of rotatable bonds is 7. The Labute approximate surface area is 204 Å². The predicted octanol–water partition coefficient (Wildman–Crippen LogP) is 7.47. The molecule has 0 radical (unpaired) electrons. The van der Waals surface area contributed by atoms with Crippen molar-refractivity contribution in [1.82, 2.24) is 0 Å². The van der Waals surface area contributed by atoms with E-state index < -0.39 is 7.26 Å². The van der Waals surface area contributed by atoms with E-state index in [1.54, 1.807) is 0 Å². The zero-order valence-electron chi connectivity index (χ0n) is 19.6. The summed E-state index contributed by atoms with van der Waals surface area (Å²) in [6.45, 7) is 6.87. The van der Waals surface area contributed by atoms with Gasteiger partial charge in [0.05, 0.1) is 0 Å². The van der Waals surface area contributed by atoms with Gasteiger partial charge in [-0.3, -0.25) is 0 Å². The first-order valence-electron chi connectivity index (χ1n) is 11.6. The van der Waals surface area contributed by atoms with Crippen molar-refractivity contribution in [2.24, 2.45) is 0 Å². The van der Waals surface area contributed by atoms with Crippen LogP contribution >= 0.6 is 15.2 Å². The quantitative estimate of drug-likeness (QED) is 0.244. The Morgan fingerprint density at radius 3 is 0.788 bits per heavy atom. The molecule has 0 N–H and O–H groups in total. The maximum absolute atomic E-state index is 2.29. The lowest BCUT2D eigenvalue weighted by molar-refractivity contribution is 1.35. The molecule has 2 heteroatoms. The molecule has 4 aromatic carbocycles. The molecular formula is C31H39P2+. The van der Waals surface area contributed by atoms with Gasteiger partial charge in [0, 0.05) is 0 Å². The molecule has 0 nitrogen and oxygen atoms in total. The Hall–Kier alpha value is -2.26. The van der Waals surface area contributed by atoms with Crippen LogP contribution in [0.3, 0.4) is 0 Å². The van der Waals surface area contributed by atoms with Gasteiger partial charge in [0.2, 0.25) is 0 Å². The van der Waals surface area contributed by atoms with E-state index in [0.29, 0.717) is 7.92 Å². The van der Waals surface area contributed by atoms with Crippen molar-refractivity contribution in [3.63, 3.8) is 0 Å². The van der Waals surface area contributed by atoms with Crippen molar-refractivity contribution in [2.75, 3.05) is 18.5 Å². The van der Waals surface area contributed by atoms with Crippen molar-refractivity contribution < 1.29 is 0 Å². The highest BCUT2D eigenvalue weighted by Crippen LogP contribution is 2.53. The summed E-state index contributed by atoms with van der Waals surface area (Å²) in [7, 11) is -1.46. The molecule has 0 heterocycles. The Balaban J connectivity index is 0.000000423. The van der Waals surface area contributed by atoms with Gasteiger partial charge in [-0.05, 0) is 67.0 Å². The van der Waals surface area contributed by atoms with E-state index in [2.05, 4.69) is 142 Å². The average Bonchev–Trinajstić information content (AvgIpc) is 2.89. The smallest absolute Gasteiger partial charge is 0.108 e. The summed E-state index contributed by atoms with van der Waals surface area (Å²) in [4.78, 5) is 0. The number of hydrogen-bond donors (Lipinski definition) is 0. The normalized spacial score (nSPS) is 10.7. The van der Waals surface area contributed by atoms with E-state index in [0.717, 1.165) is 0 Å². The van der Waals surface area contributed by atoms with E-state index in [1.807, 2.05) is 0 Å². The SMILES string of the molecule is C.CCP(CC)CC.c1ccc([P+](c2ccccc2)(c2ccccc2)c2ccccc2)cc1. The molecule has 0 aliphatic rings. The predicted molar refractivity (Wildman–Crippen MR) is 156 cm³/mol. The second kappa shape index (κ2) is 14.1. The second-order valence-corrected chi connectivity index (χ2v) is 14.3. The minimum Gasteiger partial charge on any atom is -0.108 e. The molecule has 0 amide bonds. The maximum atomic E-state index is 2.29. The Morgan fingerprint density at radius 2 is 0.636 bits per heavy atom. The summed E-state index contributed by atoms with van der Waals surface area (Å²) in [5.41, 5.74) is 0. The summed E-state index contributed by atoms with van der Waals surface area (Å²) in [6, 6.07) is 43.8. The van der Waals surface area contributed by atoms with E-state index >= 15 is 0 Å². The molecule has 172 valence electrons. The molecule has 0 saturated carbocycles. The van der Waals surface area contributed by atoms with Gasteiger partial charge in [0.1, 0.15) is 28.5 Å². The zero-order chi connectivity index (χ0) is 22.7. The lowest BCUT2D eigenvalue weighted by Crippen LogP contribution is -2.38. The molecule has 0 spiro atoms. The average molecular weight is 474 g/mol. The topological polar surface area (TPSA) is 0 Å². The summed E-state index contributed by atoms with van der Waals surface area (Å²) in [5.74, 6) is 0. The highest BCUT2D eigenvalue weighted by molar-refractivity contribution is 8.01. The van der Waals surface area contributed by atoms with Crippen LogP contribution in [0.1, 0.15) is 28.2 Å². The van der Waals surface area contributed by atoms with Crippen LogP contribution in [-0.4, -0.2) is 18.5 Å². The molecule has 0 aliphatic carbocycles. The second-order valence-electron chi connectivity index (χ2n) is 7.63. The molecule has 0 saturated heterocycles. The third kappa shape index (κ3) is 6.41. The van der Waals surface area contributed by atoms with Crippen molar-refractivity contribution >= 4 is 36.4 Å². The van der Waals surface area contributed by atoms with Crippen molar-refractivity contribution in [3.8, 4) is 0 Å². The van der Waals surface area contributed by atoms with Crippen LogP contribution < -0.4 is 21.2 Å². The highest BCUT2D eigenvalue weighted by atomic mass is 31.2. The summed E-state index contributed by atoms with van der Waals surface area (Å²) >= 11 is 0. The number of hydrogen-bond acceptors (Lipinski definition) is 0. The van der Waals surface area contributed by atoms with Crippen LogP contribution in [0.4, 0.5) is 0 Å². The van der Waals surface area contributed by atoms with E-state index in [9.17, 15) is 0 Å². The van der Waals surface area contributed by atoms with Gasteiger partial charge in [0.25, 0.3) is 0 Å². The fraction of sp³-hybridized carbons (Fsp3) is 0.226. The monoisotopic (exact) mass is 473 g/mol. The van der Waals surface area contributed by atoms with Crippen LogP contribution in [0.25, 0.3) is 0 Å². The molecular weight excluding hydrogens is 434 g/mol. The van der Waals surface area contributed by atoms with Gasteiger partial charge in [-0.1, -0.05) is 101 Å². The third-order valence-corrected chi connectivity index (χ3v) is 12.9. The van der Waals surface area contributed by atoms with Gasteiger partial charge in [-0.25, -0.2) is 0 Å². The van der Waals surface area contributed by atoms with Gasteiger partial charge in [0.15, 0.2) is 0 Å². The van der Waals surface area contributed by atoms with Gasteiger partial charge < -0.3 is 0 Å². The standard InChI is InChI=1S/C24H20P.C6H15P.CH4/c1-5-13-21(14-6-1)25(22-15-7-2-8-16-22,23-17-9-3-10-18-23)24-19-11-4-12-20-24;1-4-7(5-2)6-3;/h1-20H;4-6H2,1-3H3;1H4/q+1;;. The molecule has 33 heavy (non-hydrogen) atoms. The van der Waals surface area contributed by atoms with Crippen molar-refractivity contribution in [3.05, 3.63) is 121 Å². The summed E-state index contributed by atoms with van der Waals surface area (Å²) in [5, 5.41) is 5.55. The van der Waals surface area contributed by atoms with E-state index in [-0.39, 0.29) is 7.43 Å². The minimum absolute atomic E-state index is 0. The van der Waals surface area contributed by atoms with Gasteiger partial charge >= 0.3 is 0 Å². The van der Waals surface area contributed by atoms with Crippen LogP contribution in [0.5, 0.6) is 0 Å². The van der Waals surface area contributed by atoms with E-state index in [4.69, 9.17) is 0 Å². The first kappa shape index (κ1) is 27.0. The minimum atomic E-state index is -1.91. The van der Waals surface area contributed by atoms with Gasteiger partial charge in [-0.15, -0.1) is 7.92 Å². The number of benzene rings is 4. The molecule has 4 rings (SSSR count). The van der Waals surface area contributed by atoms with Gasteiger partial charge in [-0.2, -0.15) is 0 Å². The molecule has 4 aromatic rings. The Morgan fingerprint density at radius 1 is 0.424 bits per heavy atom. The Kier molecular flexibility index (Phi) is 11.5. The molecule has 0 unspecified atom stereocenters. The molecule has 0 aliphatic heterocycles. The molecule has 0 aromatic heterocycles. The molecule has 0 bridgehead atoms. The third-order valence-electron chi connectivity index (χ3n) is 5.92. The van der Waals surface area contributed by atoms with Crippen molar-refractivity contribution in [1.29, 1.82) is 0 Å². The zero-order valence-corrected chi connectivity index (χ0v) is 21.4. The summed E-state index contributed by atoms with van der Waals surface area (Å²) < 4.78 is 0. The van der Waals surface area contributed by atoms with Crippen LogP contribution in [0.2, 0.25) is 0 Å². The van der Waals surface area contributed by atoms with Crippen LogP contribution in [-0.2, 0) is 0 Å². The Bertz CT molecular complexity index is 842. The molecule has 0 atom stereocenters. The lowest BCUT2D eigenvalue weighted by Gasteiger charge is -2.27. The van der Waals surface area contributed by atoms with Crippen molar-refractivity contribution in [2.45, 2.75) is 28.2 Å². The van der Waals surface area contributed by atoms with Crippen LogP contribution in [0.15, 0.2) is 121 Å². The first-order valence-corrected chi connectivity index (χ1v) is 15.3. The highest BCUT2D eigenvalue weighted by Gasteiger charge is 2.47. The summed E-state index contributed by atoms with van der Waals surface area (Å²) in [6.07, 6.45) is 4.26. The van der Waals surface area contributed by atoms with Crippen LogP contribution in [0, 0.1) is 0 Å². The fourth-order valence-electron chi connectivity index (χ4n) is 4.17. The fourth-order valence-corrected chi connectivity index (χ4v) is 9.78. The van der Waals surface area contributed by atoms with E-state index in [1.165, 1.54) is 39.7 Å². The lowest BCUT2D eigenvalue weighted by atomic mass is 10.3. The largest absolute Gasteiger partial charge is 0.144 e. The maximum Gasteiger partial charge on any atom is 0.144 e. The first-order chi connectivity index (χ1) is 15.8. The molecule has 0 fully saturated rings.